The van der Waals surface area contributed by atoms with E-state index in [9.17, 15) is 14.0 Å². The van der Waals surface area contributed by atoms with Crippen LogP contribution in [-0.4, -0.2) is 23.3 Å². The van der Waals surface area contributed by atoms with E-state index in [1.807, 2.05) is 0 Å². The fraction of sp³-hybridized carbons (Fsp3) is 0.182. The van der Waals surface area contributed by atoms with Crippen molar-refractivity contribution >= 4 is 34.7 Å². The quantitative estimate of drug-likeness (QED) is 0.550. The maximum absolute atomic E-state index is 13.3. The van der Waals surface area contributed by atoms with Gasteiger partial charge in [-0.3, -0.25) is 9.59 Å². The molecule has 2 amide bonds. The molecule has 0 aliphatic rings. The number of carbonyl (C=O) groups excluding carboxylic acids is 2. The molecule has 0 heterocycles. The largest absolute Gasteiger partial charge is 0.392 e. The van der Waals surface area contributed by atoms with Crippen LogP contribution in [0.3, 0.4) is 0 Å². The number of halogens is 1. The van der Waals surface area contributed by atoms with Crippen molar-refractivity contribution in [1.82, 2.24) is 5.32 Å². The van der Waals surface area contributed by atoms with Gasteiger partial charge in [0.25, 0.3) is 0 Å². The number of amides is 2. The number of aryl methyl sites for hydroxylation is 1. The summed E-state index contributed by atoms with van der Waals surface area (Å²) in [6.07, 6.45) is 0. The maximum Gasteiger partial charge on any atom is 0.313 e. The normalized spacial score (nSPS) is 9.67. The van der Waals surface area contributed by atoms with E-state index in [0.29, 0.717) is 0 Å². The lowest BCUT2D eigenvalue weighted by Gasteiger charge is -2.07. The Morgan fingerprint density at radius 3 is 2.67 bits per heavy atom. The minimum Gasteiger partial charge on any atom is -0.392 e. The molecule has 1 aromatic carbocycles. The van der Waals surface area contributed by atoms with Crippen molar-refractivity contribution in [1.29, 1.82) is 0 Å². The summed E-state index contributed by atoms with van der Waals surface area (Å²) in [5.41, 5.74) is 5.87. The number of hydrogen-bond donors (Lipinski definition) is 3. The Labute approximate surface area is 109 Å². The molecule has 0 fully saturated rings. The predicted octanol–water partition coefficient (Wildman–Crippen LogP) is 0.475. The first kappa shape index (κ1) is 14.0. The summed E-state index contributed by atoms with van der Waals surface area (Å²) >= 11 is 4.54. The van der Waals surface area contributed by atoms with Gasteiger partial charge < -0.3 is 16.4 Å². The van der Waals surface area contributed by atoms with E-state index in [-0.39, 0.29) is 17.2 Å². The first-order chi connectivity index (χ1) is 8.40. The number of nitrogens with two attached hydrogens (primary N) is 1. The van der Waals surface area contributed by atoms with Gasteiger partial charge in [-0.25, -0.2) is 4.39 Å². The van der Waals surface area contributed by atoms with Gasteiger partial charge in [-0.05, 0) is 24.6 Å². The van der Waals surface area contributed by atoms with E-state index in [1.165, 1.54) is 12.1 Å². The van der Waals surface area contributed by atoms with Gasteiger partial charge in [0.15, 0.2) is 0 Å². The molecule has 0 saturated carbocycles. The van der Waals surface area contributed by atoms with Gasteiger partial charge >= 0.3 is 11.8 Å². The third-order valence-electron chi connectivity index (χ3n) is 2.00. The molecular formula is C11H12FN3O2S. The van der Waals surface area contributed by atoms with Gasteiger partial charge in [0.2, 0.25) is 0 Å². The molecule has 0 aliphatic heterocycles. The topological polar surface area (TPSA) is 84.2 Å². The van der Waals surface area contributed by atoms with Crippen LogP contribution in [0.2, 0.25) is 0 Å². The summed E-state index contributed by atoms with van der Waals surface area (Å²) in [5, 5.41) is 4.36. The van der Waals surface area contributed by atoms with Crippen molar-refractivity contribution in [2.24, 2.45) is 5.73 Å². The van der Waals surface area contributed by atoms with Crippen LogP contribution in [0.1, 0.15) is 5.56 Å². The van der Waals surface area contributed by atoms with Gasteiger partial charge in [0, 0.05) is 0 Å². The maximum atomic E-state index is 13.3. The number of nitrogens with one attached hydrogen (secondary N) is 2. The smallest absolute Gasteiger partial charge is 0.313 e. The van der Waals surface area contributed by atoms with E-state index in [2.05, 4.69) is 22.9 Å². The zero-order valence-corrected chi connectivity index (χ0v) is 10.4. The minimum absolute atomic E-state index is 0.0505. The molecule has 0 radical (unpaired) electrons. The van der Waals surface area contributed by atoms with Gasteiger partial charge in [-0.15, -0.1) is 0 Å². The van der Waals surface area contributed by atoms with E-state index < -0.39 is 17.6 Å². The Bertz CT molecular complexity index is 505. The van der Waals surface area contributed by atoms with Crippen LogP contribution < -0.4 is 16.4 Å². The van der Waals surface area contributed by atoms with Crippen LogP contribution in [0.4, 0.5) is 10.1 Å². The van der Waals surface area contributed by atoms with Gasteiger partial charge in [0.05, 0.1) is 17.2 Å². The molecule has 1 aromatic rings. The van der Waals surface area contributed by atoms with Gasteiger partial charge in [0.1, 0.15) is 5.82 Å². The van der Waals surface area contributed by atoms with Gasteiger partial charge in [-0.2, -0.15) is 0 Å². The molecule has 0 bridgehead atoms. The van der Waals surface area contributed by atoms with Crippen LogP contribution in [-0.2, 0) is 9.59 Å². The second-order valence-corrected chi connectivity index (χ2v) is 4.11. The predicted molar refractivity (Wildman–Crippen MR) is 69.6 cm³/mol. The van der Waals surface area contributed by atoms with Crippen LogP contribution in [0, 0.1) is 12.7 Å². The Morgan fingerprint density at radius 2 is 2.06 bits per heavy atom. The van der Waals surface area contributed by atoms with E-state index in [4.69, 9.17) is 5.73 Å². The summed E-state index contributed by atoms with van der Waals surface area (Å²) in [6.45, 7) is 1.65. The highest BCUT2D eigenvalue weighted by molar-refractivity contribution is 7.80. The molecule has 0 aromatic heterocycles. The number of anilines is 1. The highest BCUT2D eigenvalue weighted by Gasteiger charge is 2.15. The standard InChI is InChI=1S/C11H12FN3O2S/c1-6-2-3-7(12)8(4-6)15-11(17)10(16)14-5-9(13)18/h2-4H,5H2,1H3,(H2,13,18)(H,14,16)(H,15,17). The Morgan fingerprint density at radius 1 is 1.39 bits per heavy atom. The lowest BCUT2D eigenvalue weighted by molar-refractivity contribution is -0.135. The molecule has 96 valence electrons. The molecule has 7 heteroatoms. The zero-order valence-electron chi connectivity index (χ0n) is 9.62. The highest BCUT2D eigenvalue weighted by atomic mass is 32.1. The van der Waals surface area contributed by atoms with E-state index >= 15 is 0 Å². The van der Waals surface area contributed by atoms with Crippen molar-refractivity contribution < 1.29 is 14.0 Å². The average molecular weight is 269 g/mol. The fourth-order valence-electron chi connectivity index (χ4n) is 1.16. The van der Waals surface area contributed by atoms with Crippen molar-refractivity contribution in [3.8, 4) is 0 Å². The minimum atomic E-state index is -0.976. The molecule has 0 saturated heterocycles. The van der Waals surface area contributed by atoms with Crippen LogP contribution in [0.15, 0.2) is 18.2 Å². The Balaban J connectivity index is 2.66. The summed E-state index contributed by atoms with van der Waals surface area (Å²) in [6, 6.07) is 4.18. The number of thiocarbonyl (C=S) groups is 1. The molecule has 0 spiro atoms. The molecule has 0 aliphatic carbocycles. The monoisotopic (exact) mass is 269 g/mol. The summed E-state index contributed by atoms with van der Waals surface area (Å²) in [5.74, 6) is -2.52. The second-order valence-electron chi connectivity index (χ2n) is 3.59. The second kappa shape index (κ2) is 6.06. The van der Waals surface area contributed by atoms with E-state index in [0.717, 1.165) is 5.56 Å². The van der Waals surface area contributed by atoms with Gasteiger partial charge in [-0.1, -0.05) is 18.3 Å². The first-order valence-electron chi connectivity index (χ1n) is 5.04. The first-order valence-corrected chi connectivity index (χ1v) is 5.44. The lowest BCUT2D eigenvalue weighted by Crippen LogP contribution is -2.39. The zero-order chi connectivity index (χ0) is 13.7. The van der Waals surface area contributed by atoms with E-state index in [1.54, 1.807) is 13.0 Å². The average Bonchev–Trinajstić information content (AvgIpc) is 2.30. The number of hydrogen-bond acceptors (Lipinski definition) is 3. The lowest BCUT2D eigenvalue weighted by atomic mass is 10.2. The summed E-state index contributed by atoms with van der Waals surface area (Å²) < 4.78 is 13.3. The van der Waals surface area contributed by atoms with Crippen molar-refractivity contribution in [2.75, 3.05) is 11.9 Å². The molecule has 1 rings (SSSR count). The number of carbonyl (C=O) groups is 2. The van der Waals surface area contributed by atoms with Crippen LogP contribution >= 0.6 is 12.2 Å². The van der Waals surface area contributed by atoms with Crippen molar-refractivity contribution in [3.05, 3.63) is 29.6 Å². The molecule has 4 N–H and O–H groups in total. The highest BCUT2D eigenvalue weighted by Crippen LogP contribution is 2.15. The Hall–Kier alpha value is -2.02. The van der Waals surface area contributed by atoms with Crippen LogP contribution in [0.25, 0.3) is 0 Å². The Kier molecular flexibility index (Phi) is 4.73. The molecular weight excluding hydrogens is 257 g/mol. The molecule has 0 atom stereocenters. The van der Waals surface area contributed by atoms with Crippen LogP contribution in [0.5, 0.6) is 0 Å². The fourth-order valence-corrected chi connectivity index (χ4v) is 1.23. The molecule has 0 unspecified atom stereocenters. The molecule has 5 nitrogen and oxygen atoms in total. The third-order valence-corrected chi connectivity index (χ3v) is 2.14. The number of rotatable bonds is 3. The SMILES string of the molecule is Cc1ccc(F)c(NC(=O)C(=O)NCC(N)=S)c1. The van der Waals surface area contributed by atoms with Crippen molar-refractivity contribution in [2.45, 2.75) is 6.92 Å². The molecule has 18 heavy (non-hydrogen) atoms. The third kappa shape index (κ3) is 4.10. The summed E-state index contributed by atoms with van der Waals surface area (Å²) in [7, 11) is 0. The summed E-state index contributed by atoms with van der Waals surface area (Å²) in [4.78, 5) is 22.8. The number of benzene rings is 1. The van der Waals surface area contributed by atoms with Crippen molar-refractivity contribution in [3.63, 3.8) is 0 Å².